The van der Waals surface area contributed by atoms with Gasteiger partial charge in [-0.1, -0.05) is 19.9 Å². The van der Waals surface area contributed by atoms with Gasteiger partial charge in [0.15, 0.2) is 18.1 Å². The van der Waals surface area contributed by atoms with Gasteiger partial charge in [-0.15, -0.1) is 0 Å². The van der Waals surface area contributed by atoms with Gasteiger partial charge in [-0.05, 0) is 57.5 Å². The van der Waals surface area contributed by atoms with Crippen LogP contribution in [0.5, 0.6) is 17.2 Å². The van der Waals surface area contributed by atoms with Crippen LogP contribution in [0.1, 0.15) is 50.5 Å². The van der Waals surface area contributed by atoms with Crippen LogP contribution < -0.4 is 19.5 Å². The second-order valence-corrected chi connectivity index (χ2v) is 9.70. The van der Waals surface area contributed by atoms with E-state index in [1.165, 1.54) is 22.5 Å². The molecule has 0 unspecified atom stereocenters. The molecule has 2 aromatic rings. The van der Waals surface area contributed by atoms with E-state index in [-0.39, 0.29) is 16.1 Å². The molecule has 0 aromatic heterocycles. The number of nitrogens with one attached hydrogen (secondary N) is 1. The van der Waals surface area contributed by atoms with E-state index >= 15 is 0 Å². The van der Waals surface area contributed by atoms with Crippen molar-refractivity contribution in [3.63, 3.8) is 0 Å². The van der Waals surface area contributed by atoms with Gasteiger partial charge in [-0.3, -0.25) is 4.79 Å². The second kappa shape index (κ2) is 13.8. The first-order valence-corrected chi connectivity index (χ1v) is 13.7. The van der Waals surface area contributed by atoms with Crippen LogP contribution in [0.2, 0.25) is 0 Å². The Hall–Kier alpha value is -3.31. The zero-order chi connectivity index (χ0) is 27.6. The Labute approximate surface area is 218 Å². The van der Waals surface area contributed by atoms with E-state index in [1.807, 2.05) is 6.92 Å². The SMILES string of the molecule is CCOc1cc(C(=O)OCC(=O)Nc2ccc(C)c(S(=O)(=O)N(CC)CC)c2)cc(OCC)c1OCC. The summed E-state index contributed by atoms with van der Waals surface area (Å²) in [5.74, 6) is -0.338. The third-order valence-corrected chi connectivity index (χ3v) is 7.47. The smallest absolute Gasteiger partial charge is 0.338 e. The number of anilines is 1. The van der Waals surface area contributed by atoms with Crippen LogP contribution in [-0.2, 0) is 19.6 Å². The van der Waals surface area contributed by atoms with Crippen LogP contribution in [0.3, 0.4) is 0 Å². The van der Waals surface area contributed by atoms with Crippen molar-refractivity contribution in [3.8, 4) is 17.2 Å². The highest BCUT2D eigenvalue weighted by molar-refractivity contribution is 7.89. The number of carbonyl (C=O) groups excluding carboxylic acids is 2. The number of amides is 1. The van der Waals surface area contributed by atoms with Crippen molar-refractivity contribution in [1.29, 1.82) is 0 Å². The molecule has 37 heavy (non-hydrogen) atoms. The molecule has 0 aliphatic rings. The van der Waals surface area contributed by atoms with Gasteiger partial charge < -0.3 is 24.3 Å². The highest BCUT2D eigenvalue weighted by atomic mass is 32.2. The van der Waals surface area contributed by atoms with E-state index in [0.717, 1.165) is 0 Å². The van der Waals surface area contributed by atoms with Gasteiger partial charge in [-0.25, -0.2) is 13.2 Å². The van der Waals surface area contributed by atoms with Crippen molar-refractivity contribution < 1.29 is 37.0 Å². The summed E-state index contributed by atoms with van der Waals surface area (Å²) < 4.78 is 49.3. The predicted octanol–water partition coefficient (Wildman–Crippen LogP) is 4.02. The van der Waals surface area contributed by atoms with Crippen LogP contribution in [0, 0.1) is 6.92 Å². The molecule has 0 radical (unpaired) electrons. The van der Waals surface area contributed by atoms with Gasteiger partial charge in [0.25, 0.3) is 5.91 Å². The molecule has 0 atom stereocenters. The zero-order valence-corrected chi connectivity index (χ0v) is 23.1. The molecule has 11 heteroatoms. The van der Waals surface area contributed by atoms with Crippen molar-refractivity contribution in [2.45, 2.75) is 46.4 Å². The Morgan fingerprint density at radius 2 is 1.43 bits per heavy atom. The molecule has 204 valence electrons. The summed E-state index contributed by atoms with van der Waals surface area (Å²) >= 11 is 0. The first kappa shape index (κ1) is 29.9. The fourth-order valence-corrected chi connectivity index (χ4v) is 5.29. The van der Waals surface area contributed by atoms with Crippen molar-refractivity contribution >= 4 is 27.6 Å². The molecule has 0 bridgehead atoms. The number of hydrogen-bond acceptors (Lipinski definition) is 8. The molecule has 0 aliphatic heterocycles. The number of benzene rings is 2. The quantitative estimate of drug-likeness (QED) is 0.360. The standard InChI is InChI=1S/C26H36N2O8S/c1-7-28(8-2)37(31,32)23-16-20(13-12-18(23)6)27-24(29)17-36-26(30)19-14-21(33-9-3)25(35-11-5)22(15-19)34-10-4/h12-16H,7-11,17H2,1-6H3,(H,27,29). The van der Waals surface area contributed by atoms with Crippen LogP contribution >= 0.6 is 0 Å². The minimum absolute atomic E-state index is 0.104. The summed E-state index contributed by atoms with van der Waals surface area (Å²) in [5, 5.41) is 2.58. The molecule has 0 saturated carbocycles. The Morgan fingerprint density at radius 3 is 1.95 bits per heavy atom. The third-order valence-electron chi connectivity index (χ3n) is 5.27. The van der Waals surface area contributed by atoms with E-state index in [4.69, 9.17) is 18.9 Å². The van der Waals surface area contributed by atoms with Gasteiger partial charge in [-0.2, -0.15) is 4.31 Å². The Kier molecular flexibility index (Phi) is 11.2. The number of nitrogens with zero attached hydrogens (tertiary/aromatic N) is 1. The normalized spacial score (nSPS) is 11.2. The van der Waals surface area contributed by atoms with Crippen LogP contribution in [0.15, 0.2) is 35.2 Å². The first-order valence-electron chi connectivity index (χ1n) is 12.3. The lowest BCUT2D eigenvalue weighted by Gasteiger charge is -2.20. The molecule has 2 rings (SSSR count). The lowest BCUT2D eigenvalue weighted by molar-refractivity contribution is -0.119. The van der Waals surface area contributed by atoms with E-state index in [2.05, 4.69) is 5.32 Å². The van der Waals surface area contributed by atoms with Gasteiger partial charge in [0, 0.05) is 18.8 Å². The van der Waals surface area contributed by atoms with Crippen LogP contribution in [-0.4, -0.2) is 64.1 Å². The molecule has 2 aromatic carbocycles. The fourth-order valence-electron chi connectivity index (χ4n) is 3.58. The summed E-state index contributed by atoms with van der Waals surface area (Å²) in [6.45, 7) is 11.8. The second-order valence-electron chi connectivity index (χ2n) is 7.79. The minimum atomic E-state index is -3.71. The van der Waals surface area contributed by atoms with E-state index in [0.29, 0.717) is 55.7 Å². The van der Waals surface area contributed by atoms with Gasteiger partial charge in [0.2, 0.25) is 15.8 Å². The van der Waals surface area contributed by atoms with Gasteiger partial charge in [0.05, 0.1) is 30.3 Å². The number of aryl methyl sites for hydroxylation is 1. The molecule has 0 fully saturated rings. The summed E-state index contributed by atoms with van der Waals surface area (Å²) in [5.41, 5.74) is 0.962. The van der Waals surface area contributed by atoms with Crippen molar-refractivity contribution in [3.05, 3.63) is 41.5 Å². The summed E-state index contributed by atoms with van der Waals surface area (Å²) in [7, 11) is -3.71. The number of ether oxygens (including phenoxy) is 4. The summed E-state index contributed by atoms with van der Waals surface area (Å²) in [6, 6.07) is 7.55. The maximum atomic E-state index is 13.0. The number of rotatable bonds is 14. The maximum absolute atomic E-state index is 13.0. The van der Waals surface area contributed by atoms with E-state index in [1.54, 1.807) is 46.8 Å². The average Bonchev–Trinajstić information content (AvgIpc) is 2.86. The van der Waals surface area contributed by atoms with E-state index in [9.17, 15) is 18.0 Å². The number of carbonyl (C=O) groups is 2. The van der Waals surface area contributed by atoms with E-state index < -0.39 is 28.5 Å². The molecule has 1 amide bonds. The average molecular weight is 537 g/mol. The highest BCUT2D eigenvalue weighted by Gasteiger charge is 2.24. The molecular weight excluding hydrogens is 500 g/mol. The molecule has 0 heterocycles. The Bertz CT molecular complexity index is 1170. The fraction of sp³-hybridized carbons (Fsp3) is 0.462. The molecule has 0 saturated heterocycles. The number of esters is 1. The van der Waals surface area contributed by atoms with Crippen LogP contribution in [0.4, 0.5) is 5.69 Å². The first-order chi connectivity index (χ1) is 17.6. The van der Waals surface area contributed by atoms with Crippen molar-refractivity contribution in [2.24, 2.45) is 0 Å². The summed E-state index contributed by atoms with van der Waals surface area (Å²) in [4.78, 5) is 25.3. The third kappa shape index (κ3) is 7.59. The molecular formula is C26H36N2O8S. The number of hydrogen-bond donors (Lipinski definition) is 1. The zero-order valence-electron chi connectivity index (χ0n) is 22.3. The number of sulfonamides is 1. The monoisotopic (exact) mass is 536 g/mol. The van der Waals surface area contributed by atoms with Crippen molar-refractivity contribution in [2.75, 3.05) is 44.8 Å². The lowest BCUT2D eigenvalue weighted by Crippen LogP contribution is -2.31. The van der Waals surface area contributed by atoms with Crippen LogP contribution in [0.25, 0.3) is 0 Å². The lowest BCUT2D eigenvalue weighted by atomic mass is 10.2. The largest absolute Gasteiger partial charge is 0.490 e. The Balaban J connectivity index is 2.17. The van der Waals surface area contributed by atoms with Gasteiger partial charge >= 0.3 is 5.97 Å². The van der Waals surface area contributed by atoms with Gasteiger partial charge in [0.1, 0.15) is 0 Å². The maximum Gasteiger partial charge on any atom is 0.338 e. The highest BCUT2D eigenvalue weighted by Crippen LogP contribution is 2.39. The molecule has 0 spiro atoms. The summed E-state index contributed by atoms with van der Waals surface area (Å²) in [6.07, 6.45) is 0. The molecule has 0 aliphatic carbocycles. The minimum Gasteiger partial charge on any atom is -0.490 e. The molecule has 10 nitrogen and oxygen atoms in total. The molecule has 1 N–H and O–H groups in total. The predicted molar refractivity (Wildman–Crippen MR) is 140 cm³/mol. The topological polar surface area (TPSA) is 120 Å². The van der Waals surface area contributed by atoms with Crippen molar-refractivity contribution in [1.82, 2.24) is 4.31 Å². The Morgan fingerprint density at radius 1 is 0.865 bits per heavy atom.